The van der Waals surface area contributed by atoms with Crippen molar-refractivity contribution in [1.29, 1.82) is 0 Å². The van der Waals surface area contributed by atoms with E-state index in [9.17, 15) is 12.8 Å². The Hall–Kier alpha value is -2.09. The first-order chi connectivity index (χ1) is 9.85. The molecule has 21 heavy (non-hydrogen) atoms. The van der Waals surface area contributed by atoms with Crippen molar-refractivity contribution in [2.24, 2.45) is 0 Å². The fourth-order valence-corrected chi connectivity index (χ4v) is 3.40. The summed E-state index contributed by atoms with van der Waals surface area (Å²) in [6.45, 7) is 5.25. The van der Waals surface area contributed by atoms with Crippen molar-refractivity contribution in [3.8, 4) is 5.75 Å². The average Bonchev–Trinajstić information content (AvgIpc) is 2.73. The molecule has 2 aromatic rings. The van der Waals surface area contributed by atoms with Crippen LogP contribution in [0.2, 0.25) is 0 Å². The lowest BCUT2D eigenvalue weighted by molar-refractivity contribution is 0.321. The lowest BCUT2D eigenvalue weighted by Gasteiger charge is -2.10. The molecule has 0 saturated carbocycles. The third-order valence-electron chi connectivity index (χ3n) is 2.81. The van der Waals surface area contributed by atoms with Gasteiger partial charge in [-0.1, -0.05) is 0 Å². The summed E-state index contributed by atoms with van der Waals surface area (Å²) in [6.07, 6.45) is 0. The summed E-state index contributed by atoms with van der Waals surface area (Å²) in [5, 5.41) is 6.44. The van der Waals surface area contributed by atoms with Gasteiger partial charge in [0.1, 0.15) is 4.90 Å². The lowest BCUT2D eigenvalue weighted by Crippen LogP contribution is -2.14. The number of aromatic nitrogens is 2. The molecular weight excluding hydrogens is 297 g/mol. The summed E-state index contributed by atoms with van der Waals surface area (Å²) in [4.78, 5) is 0.0665. The van der Waals surface area contributed by atoms with Crippen LogP contribution < -0.4 is 9.46 Å². The smallest absolute Gasteiger partial charge is 0.265 e. The zero-order valence-corrected chi connectivity index (χ0v) is 12.7. The number of benzene rings is 1. The first-order valence-corrected chi connectivity index (χ1v) is 7.80. The van der Waals surface area contributed by atoms with Crippen LogP contribution in [0.3, 0.4) is 0 Å². The van der Waals surface area contributed by atoms with Crippen LogP contribution in [-0.2, 0) is 10.0 Å². The van der Waals surface area contributed by atoms with Crippen molar-refractivity contribution >= 4 is 15.7 Å². The van der Waals surface area contributed by atoms with Crippen molar-refractivity contribution in [2.75, 3.05) is 11.3 Å². The maximum absolute atomic E-state index is 13.7. The van der Waals surface area contributed by atoms with Crippen molar-refractivity contribution in [1.82, 2.24) is 10.2 Å². The van der Waals surface area contributed by atoms with E-state index in [1.54, 1.807) is 20.8 Å². The molecule has 0 unspecified atom stereocenters. The Morgan fingerprint density at radius 2 is 2.10 bits per heavy atom. The molecule has 2 N–H and O–H groups in total. The molecule has 8 heteroatoms. The molecule has 0 aliphatic heterocycles. The van der Waals surface area contributed by atoms with Crippen molar-refractivity contribution in [2.45, 2.75) is 25.7 Å². The maximum Gasteiger partial charge on any atom is 0.265 e. The zero-order valence-electron chi connectivity index (χ0n) is 11.9. The van der Waals surface area contributed by atoms with Crippen LogP contribution in [0.5, 0.6) is 5.75 Å². The minimum atomic E-state index is -3.82. The van der Waals surface area contributed by atoms with Crippen molar-refractivity contribution in [3.63, 3.8) is 0 Å². The molecule has 0 aliphatic carbocycles. The molecule has 0 amide bonds. The molecule has 0 fully saturated rings. The van der Waals surface area contributed by atoms with Crippen molar-refractivity contribution < 1.29 is 17.5 Å². The molecular formula is C13H16FN3O3S. The number of nitrogens with zero attached hydrogens (tertiary/aromatic N) is 1. The molecule has 0 atom stereocenters. The number of nitrogens with one attached hydrogen (secondary N) is 2. The minimum absolute atomic E-state index is 0.0665. The third kappa shape index (κ3) is 3.15. The number of aromatic amines is 1. The van der Waals surface area contributed by atoms with Gasteiger partial charge in [0.2, 0.25) is 0 Å². The minimum Gasteiger partial charge on any atom is -0.491 e. The number of rotatable bonds is 5. The number of halogens is 1. The fraction of sp³-hybridized carbons (Fsp3) is 0.308. The predicted octanol–water partition coefficient (Wildman–Crippen LogP) is 2.37. The van der Waals surface area contributed by atoms with Gasteiger partial charge in [-0.25, -0.2) is 12.8 Å². The highest BCUT2D eigenvalue weighted by atomic mass is 32.2. The van der Waals surface area contributed by atoms with E-state index in [0.717, 1.165) is 6.07 Å². The fourth-order valence-electron chi connectivity index (χ4n) is 1.98. The van der Waals surface area contributed by atoms with Gasteiger partial charge in [-0.05, 0) is 32.9 Å². The predicted molar refractivity (Wildman–Crippen MR) is 76.4 cm³/mol. The van der Waals surface area contributed by atoms with Crippen LogP contribution >= 0.6 is 0 Å². The Bertz CT molecular complexity index is 737. The van der Waals surface area contributed by atoms with E-state index in [4.69, 9.17) is 4.74 Å². The van der Waals surface area contributed by atoms with Gasteiger partial charge in [-0.3, -0.25) is 9.82 Å². The van der Waals surface area contributed by atoms with E-state index in [0.29, 0.717) is 18.0 Å². The first-order valence-electron chi connectivity index (χ1n) is 6.32. The van der Waals surface area contributed by atoms with Crippen LogP contribution in [0, 0.1) is 19.7 Å². The molecule has 114 valence electrons. The number of sulfonamides is 1. The van der Waals surface area contributed by atoms with E-state index in [1.807, 2.05) is 0 Å². The van der Waals surface area contributed by atoms with Gasteiger partial charge in [-0.15, -0.1) is 0 Å². The second-order valence-corrected chi connectivity index (χ2v) is 6.07. The largest absolute Gasteiger partial charge is 0.491 e. The highest BCUT2D eigenvalue weighted by Crippen LogP contribution is 2.25. The molecule has 1 aromatic heterocycles. The van der Waals surface area contributed by atoms with Crippen LogP contribution in [0.1, 0.15) is 18.3 Å². The SMILES string of the molecule is CCOc1ccc(NS(=O)(=O)c2c(C)n[nH]c2C)cc1F. The summed E-state index contributed by atoms with van der Waals surface area (Å²) in [5.41, 5.74) is 0.897. The number of aryl methyl sites for hydroxylation is 2. The molecule has 0 saturated heterocycles. The molecule has 1 heterocycles. The van der Waals surface area contributed by atoms with E-state index in [1.165, 1.54) is 12.1 Å². The quantitative estimate of drug-likeness (QED) is 0.887. The van der Waals surface area contributed by atoms with Gasteiger partial charge < -0.3 is 4.74 Å². The topological polar surface area (TPSA) is 84.1 Å². The number of hydrogen-bond acceptors (Lipinski definition) is 4. The monoisotopic (exact) mass is 313 g/mol. The Morgan fingerprint density at radius 3 is 2.62 bits per heavy atom. The van der Waals surface area contributed by atoms with Crippen LogP contribution in [0.15, 0.2) is 23.1 Å². The number of ether oxygens (including phenoxy) is 1. The number of hydrogen-bond donors (Lipinski definition) is 2. The standard InChI is InChI=1S/C13H16FN3O3S/c1-4-20-12-6-5-10(7-11(12)14)17-21(18,19)13-8(2)15-16-9(13)3/h5-7,17H,4H2,1-3H3,(H,15,16). The van der Waals surface area contributed by atoms with Gasteiger partial charge in [0.15, 0.2) is 11.6 Å². The Morgan fingerprint density at radius 1 is 1.38 bits per heavy atom. The van der Waals surface area contributed by atoms with E-state index >= 15 is 0 Å². The molecule has 2 rings (SSSR count). The Labute approximate surface area is 122 Å². The van der Waals surface area contributed by atoms with Gasteiger partial charge in [0.05, 0.1) is 23.7 Å². The van der Waals surface area contributed by atoms with Crippen LogP contribution in [0.25, 0.3) is 0 Å². The Balaban J connectivity index is 2.31. The van der Waals surface area contributed by atoms with E-state index in [2.05, 4.69) is 14.9 Å². The molecule has 0 aliphatic rings. The van der Waals surface area contributed by atoms with Crippen LogP contribution in [-0.4, -0.2) is 25.2 Å². The summed E-state index contributed by atoms with van der Waals surface area (Å²) < 4.78 is 45.7. The van der Waals surface area contributed by atoms with Gasteiger partial charge in [-0.2, -0.15) is 5.10 Å². The van der Waals surface area contributed by atoms with Gasteiger partial charge in [0.25, 0.3) is 10.0 Å². The second-order valence-electron chi connectivity index (χ2n) is 4.45. The lowest BCUT2D eigenvalue weighted by atomic mass is 10.3. The number of H-pyrrole nitrogens is 1. The average molecular weight is 313 g/mol. The summed E-state index contributed by atoms with van der Waals surface area (Å²) in [6, 6.07) is 3.90. The summed E-state index contributed by atoms with van der Waals surface area (Å²) in [5.74, 6) is -0.547. The molecule has 0 spiro atoms. The molecule has 6 nitrogen and oxygen atoms in total. The first kappa shape index (κ1) is 15.3. The Kier molecular flexibility index (Phi) is 4.17. The molecule has 1 aromatic carbocycles. The van der Waals surface area contributed by atoms with Gasteiger partial charge in [0, 0.05) is 6.07 Å². The van der Waals surface area contributed by atoms with E-state index in [-0.39, 0.29) is 16.3 Å². The third-order valence-corrected chi connectivity index (χ3v) is 4.46. The summed E-state index contributed by atoms with van der Waals surface area (Å²) in [7, 11) is -3.82. The number of anilines is 1. The maximum atomic E-state index is 13.7. The van der Waals surface area contributed by atoms with E-state index < -0.39 is 15.8 Å². The summed E-state index contributed by atoms with van der Waals surface area (Å²) >= 11 is 0. The molecule has 0 bridgehead atoms. The highest BCUT2D eigenvalue weighted by molar-refractivity contribution is 7.92. The van der Waals surface area contributed by atoms with Crippen molar-refractivity contribution in [3.05, 3.63) is 35.4 Å². The van der Waals surface area contributed by atoms with Crippen LogP contribution in [0.4, 0.5) is 10.1 Å². The normalized spacial score (nSPS) is 11.4. The zero-order chi connectivity index (χ0) is 15.6. The second kappa shape index (κ2) is 5.72. The highest BCUT2D eigenvalue weighted by Gasteiger charge is 2.22. The van der Waals surface area contributed by atoms with Gasteiger partial charge >= 0.3 is 0 Å². The molecule has 0 radical (unpaired) electrons.